The first kappa shape index (κ1) is 15.5. The molecule has 21 heavy (non-hydrogen) atoms. The Labute approximate surface area is 126 Å². The predicted octanol–water partition coefficient (Wildman–Crippen LogP) is 2.60. The van der Waals surface area contributed by atoms with Crippen molar-refractivity contribution < 1.29 is 9.59 Å². The summed E-state index contributed by atoms with van der Waals surface area (Å²) in [7, 11) is 0. The lowest BCUT2D eigenvalue weighted by atomic mass is 10.1. The van der Waals surface area contributed by atoms with Gasteiger partial charge in [0, 0.05) is 31.1 Å². The Morgan fingerprint density at radius 3 is 2.33 bits per heavy atom. The van der Waals surface area contributed by atoms with E-state index in [2.05, 4.69) is 5.32 Å². The molecule has 0 unspecified atom stereocenters. The molecule has 0 aliphatic carbocycles. The minimum atomic E-state index is -0.145. The van der Waals surface area contributed by atoms with Gasteiger partial charge in [0.25, 0.3) is 5.91 Å². The third-order valence-corrected chi connectivity index (χ3v) is 3.85. The SMILES string of the molecule is C[C@@H](CC(=O)N1CCCCCC1)NC(=O)c1ccccc1. The van der Waals surface area contributed by atoms with Crippen molar-refractivity contribution >= 4 is 11.8 Å². The van der Waals surface area contributed by atoms with E-state index in [4.69, 9.17) is 0 Å². The standard InChI is InChI=1S/C17H24N2O2/c1-14(18-17(21)15-9-5-4-6-10-15)13-16(20)19-11-7-2-3-8-12-19/h4-6,9-10,14H,2-3,7-8,11-13H2,1H3,(H,18,21)/t14-/m0/s1. The van der Waals surface area contributed by atoms with Crippen molar-refractivity contribution in [2.75, 3.05) is 13.1 Å². The van der Waals surface area contributed by atoms with E-state index in [9.17, 15) is 9.59 Å². The fourth-order valence-corrected chi connectivity index (χ4v) is 2.66. The lowest BCUT2D eigenvalue weighted by Gasteiger charge is -2.22. The van der Waals surface area contributed by atoms with Crippen molar-refractivity contribution in [3.05, 3.63) is 35.9 Å². The molecule has 1 aromatic carbocycles. The van der Waals surface area contributed by atoms with E-state index in [1.165, 1.54) is 12.8 Å². The Kier molecular flexibility index (Phi) is 5.78. The average Bonchev–Trinajstić information content (AvgIpc) is 2.77. The van der Waals surface area contributed by atoms with Gasteiger partial charge in [0.05, 0.1) is 0 Å². The van der Waals surface area contributed by atoms with E-state index >= 15 is 0 Å². The topological polar surface area (TPSA) is 49.4 Å². The molecular formula is C17H24N2O2. The first-order valence-corrected chi connectivity index (χ1v) is 7.80. The monoisotopic (exact) mass is 288 g/mol. The Morgan fingerprint density at radius 2 is 1.71 bits per heavy atom. The van der Waals surface area contributed by atoms with Crippen LogP contribution in [0.25, 0.3) is 0 Å². The molecule has 0 saturated carbocycles. The highest BCUT2D eigenvalue weighted by Gasteiger charge is 2.19. The van der Waals surface area contributed by atoms with Gasteiger partial charge in [-0.25, -0.2) is 0 Å². The van der Waals surface area contributed by atoms with Gasteiger partial charge >= 0.3 is 0 Å². The van der Waals surface area contributed by atoms with Crippen LogP contribution in [-0.2, 0) is 4.79 Å². The molecule has 0 spiro atoms. The Bertz CT molecular complexity index is 465. The van der Waals surface area contributed by atoms with Gasteiger partial charge in [-0.2, -0.15) is 0 Å². The largest absolute Gasteiger partial charge is 0.349 e. The highest BCUT2D eigenvalue weighted by atomic mass is 16.2. The third kappa shape index (κ3) is 4.88. The molecule has 114 valence electrons. The molecule has 1 N–H and O–H groups in total. The van der Waals surface area contributed by atoms with E-state index in [-0.39, 0.29) is 17.9 Å². The highest BCUT2D eigenvalue weighted by molar-refractivity contribution is 5.94. The number of hydrogen-bond acceptors (Lipinski definition) is 2. The van der Waals surface area contributed by atoms with Crippen LogP contribution in [0.5, 0.6) is 0 Å². The molecule has 1 atom stereocenters. The molecule has 1 aliphatic heterocycles. The van der Waals surface area contributed by atoms with E-state index in [1.807, 2.05) is 30.0 Å². The molecule has 1 fully saturated rings. The quantitative estimate of drug-likeness (QED) is 0.926. The minimum absolute atomic E-state index is 0.119. The molecule has 1 aromatic rings. The van der Waals surface area contributed by atoms with Crippen molar-refractivity contribution in [1.29, 1.82) is 0 Å². The summed E-state index contributed by atoms with van der Waals surface area (Å²) in [6, 6.07) is 8.96. The number of likely N-dealkylation sites (tertiary alicyclic amines) is 1. The van der Waals surface area contributed by atoms with Gasteiger partial charge in [-0.3, -0.25) is 9.59 Å². The van der Waals surface area contributed by atoms with E-state index in [0.29, 0.717) is 12.0 Å². The second kappa shape index (κ2) is 7.81. The molecule has 2 amide bonds. The van der Waals surface area contributed by atoms with Crippen molar-refractivity contribution in [2.24, 2.45) is 0 Å². The fraction of sp³-hybridized carbons (Fsp3) is 0.529. The van der Waals surface area contributed by atoms with Gasteiger partial charge < -0.3 is 10.2 Å². The van der Waals surface area contributed by atoms with E-state index in [0.717, 1.165) is 25.9 Å². The first-order valence-electron chi connectivity index (χ1n) is 7.80. The van der Waals surface area contributed by atoms with Gasteiger partial charge in [-0.15, -0.1) is 0 Å². The van der Waals surface area contributed by atoms with Gasteiger partial charge in [0.1, 0.15) is 0 Å². The number of carbonyl (C=O) groups excluding carboxylic acids is 2. The van der Waals surface area contributed by atoms with Crippen LogP contribution in [-0.4, -0.2) is 35.8 Å². The number of benzene rings is 1. The summed E-state index contributed by atoms with van der Waals surface area (Å²) >= 11 is 0. The lowest BCUT2D eigenvalue weighted by Crippen LogP contribution is -2.39. The Morgan fingerprint density at radius 1 is 1.10 bits per heavy atom. The molecule has 1 saturated heterocycles. The van der Waals surface area contributed by atoms with E-state index in [1.54, 1.807) is 12.1 Å². The molecule has 1 heterocycles. The third-order valence-electron chi connectivity index (χ3n) is 3.85. The molecule has 0 bridgehead atoms. The number of rotatable bonds is 4. The molecule has 0 aromatic heterocycles. The average molecular weight is 288 g/mol. The number of carbonyl (C=O) groups is 2. The van der Waals surface area contributed by atoms with Crippen molar-refractivity contribution in [2.45, 2.75) is 45.1 Å². The second-order valence-electron chi connectivity index (χ2n) is 5.74. The van der Waals surface area contributed by atoms with Crippen LogP contribution < -0.4 is 5.32 Å². The summed E-state index contributed by atoms with van der Waals surface area (Å²) in [6.45, 7) is 3.60. The number of nitrogens with one attached hydrogen (secondary N) is 1. The molecule has 4 heteroatoms. The minimum Gasteiger partial charge on any atom is -0.349 e. The zero-order valence-electron chi connectivity index (χ0n) is 12.7. The maximum absolute atomic E-state index is 12.3. The van der Waals surface area contributed by atoms with Crippen molar-refractivity contribution in [1.82, 2.24) is 10.2 Å². The summed E-state index contributed by atoms with van der Waals surface area (Å²) in [6.07, 6.45) is 4.99. The van der Waals surface area contributed by atoms with Gasteiger partial charge in [-0.05, 0) is 31.9 Å². The predicted molar refractivity (Wildman–Crippen MR) is 83.0 cm³/mol. The molecule has 4 nitrogen and oxygen atoms in total. The van der Waals surface area contributed by atoms with E-state index < -0.39 is 0 Å². The fourth-order valence-electron chi connectivity index (χ4n) is 2.66. The van der Waals surface area contributed by atoms with Crippen LogP contribution in [0.3, 0.4) is 0 Å². The summed E-state index contributed by atoms with van der Waals surface area (Å²) in [5.74, 6) is 0.0320. The van der Waals surface area contributed by atoms with Crippen LogP contribution >= 0.6 is 0 Å². The maximum Gasteiger partial charge on any atom is 0.251 e. The zero-order valence-corrected chi connectivity index (χ0v) is 12.7. The Balaban J connectivity index is 1.82. The molecule has 1 aliphatic rings. The summed E-state index contributed by atoms with van der Waals surface area (Å²) in [5.41, 5.74) is 0.631. The first-order chi connectivity index (χ1) is 10.2. The zero-order chi connectivity index (χ0) is 15.1. The van der Waals surface area contributed by atoms with Crippen LogP contribution in [0.4, 0.5) is 0 Å². The van der Waals surface area contributed by atoms with Gasteiger partial charge in [0.15, 0.2) is 0 Å². The summed E-state index contributed by atoms with van der Waals surface area (Å²) in [4.78, 5) is 26.2. The van der Waals surface area contributed by atoms with Crippen LogP contribution in [0.2, 0.25) is 0 Å². The van der Waals surface area contributed by atoms with Crippen LogP contribution in [0, 0.1) is 0 Å². The second-order valence-corrected chi connectivity index (χ2v) is 5.74. The van der Waals surface area contributed by atoms with Crippen LogP contribution in [0.1, 0.15) is 49.4 Å². The van der Waals surface area contributed by atoms with Crippen molar-refractivity contribution in [3.63, 3.8) is 0 Å². The normalized spacial score (nSPS) is 16.9. The smallest absolute Gasteiger partial charge is 0.251 e. The molecule has 0 radical (unpaired) electrons. The van der Waals surface area contributed by atoms with Gasteiger partial charge in [0.2, 0.25) is 5.91 Å². The Hall–Kier alpha value is -1.84. The van der Waals surface area contributed by atoms with Gasteiger partial charge in [-0.1, -0.05) is 31.0 Å². The van der Waals surface area contributed by atoms with Crippen molar-refractivity contribution in [3.8, 4) is 0 Å². The van der Waals surface area contributed by atoms with Crippen LogP contribution in [0.15, 0.2) is 30.3 Å². The molecular weight excluding hydrogens is 264 g/mol. The highest BCUT2D eigenvalue weighted by Crippen LogP contribution is 2.11. The number of hydrogen-bond donors (Lipinski definition) is 1. The number of amides is 2. The summed E-state index contributed by atoms with van der Waals surface area (Å²) < 4.78 is 0. The number of nitrogens with zero attached hydrogens (tertiary/aromatic N) is 1. The lowest BCUT2D eigenvalue weighted by molar-refractivity contribution is -0.131. The summed E-state index contributed by atoms with van der Waals surface area (Å²) in [5, 5.41) is 2.90. The maximum atomic E-state index is 12.3. The molecule has 2 rings (SSSR count).